The summed E-state index contributed by atoms with van der Waals surface area (Å²) in [6.07, 6.45) is 4.70. The molecule has 25 heavy (non-hydrogen) atoms. The molecule has 126 valence electrons. The fourth-order valence-corrected chi connectivity index (χ4v) is 3.75. The minimum atomic E-state index is -0.604. The predicted octanol–water partition coefficient (Wildman–Crippen LogP) is 4.65. The molecule has 0 bridgehead atoms. The molecule has 2 aromatic rings. The Morgan fingerprint density at radius 1 is 1.24 bits per heavy atom. The van der Waals surface area contributed by atoms with Crippen LogP contribution >= 0.6 is 23.5 Å². The van der Waals surface area contributed by atoms with E-state index < -0.39 is 4.92 Å². The SMILES string of the molecule is O=C1SC(SCc2ccccc2)=NC1=CC=Cc1ccc([N+](=O)[O-])o1. The van der Waals surface area contributed by atoms with E-state index in [0.29, 0.717) is 15.8 Å². The van der Waals surface area contributed by atoms with Crippen molar-refractivity contribution in [1.29, 1.82) is 0 Å². The molecule has 8 heteroatoms. The molecule has 0 saturated heterocycles. The van der Waals surface area contributed by atoms with E-state index in [9.17, 15) is 14.9 Å². The van der Waals surface area contributed by atoms with Crippen molar-refractivity contribution in [3.63, 3.8) is 0 Å². The Balaban J connectivity index is 1.61. The molecule has 0 unspecified atom stereocenters. The van der Waals surface area contributed by atoms with Crippen LogP contribution in [-0.2, 0) is 10.5 Å². The van der Waals surface area contributed by atoms with Gasteiger partial charge in [0.05, 0.1) is 6.07 Å². The van der Waals surface area contributed by atoms with Crippen molar-refractivity contribution in [2.75, 3.05) is 0 Å². The van der Waals surface area contributed by atoms with Crippen molar-refractivity contribution in [2.45, 2.75) is 5.75 Å². The number of allylic oxidation sites excluding steroid dienone is 2. The van der Waals surface area contributed by atoms with Crippen molar-refractivity contribution in [1.82, 2.24) is 0 Å². The molecule has 1 aromatic carbocycles. The van der Waals surface area contributed by atoms with E-state index in [1.807, 2.05) is 30.3 Å². The highest BCUT2D eigenvalue weighted by Gasteiger charge is 2.21. The normalized spacial score (nSPS) is 15.9. The zero-order chi connectivity index (χ0) is 17.6. The van der Waals surface area contributed by atoms with Gasteiger partial charge in [-0.2, -0.15) is 0 Å². The second-order valence-electron chi connectivity index (χ2n) is 4.89. The van der Waals surface area contributed by atoms with Crippen LogP contribution in [0.4, 0.5) is 5.88 Å². The number of thioether (sulfide) groups is 2. The molecule has 2 heterocycles. The number of benzene rings is 1. The highest BCUT2D eigenvalue weighted by molar-refractivity contribution is 8.45. The lowest BCUT2D eigenvalue weighted by Crippen LogP contribution is -1.87. The lowest BCUT2D eigenvalue weighted by Gasteiger charge is -1.98. The quantitative estimate of drug-likeness (QED) is 0.431. The van der Waals surface area contributed by atoms with Gasteiger partial charge in [-0.05, 0) is 35.5 Å². The summed E-state index contributed by atoms with van der Waals surface area (Å²) in [4.78, 5) is 26.2. The summed E-state index contributed by atoms with van der Waals surface area (Å²) in [7, 11) is 0. The molecule has 0 N–H and O–H groups in total. The van der Waals surface area contributed by atoms with E-state index in [1.165, 1.54) is 29.5 Å². The van der Waals surface area contributed by atoms with Crippen molar-refractivity contribution in [3.05, 3.63) is 81.8 Å². The molecular weight excluding hydrogens is 360 g/mol. The number of furan rings is 1. The maximum Gasteiger partial charge on any atom is 0.433 e. The molecule has 0 fully saturated rings. The second kappa shape index (κ2) is 8.00. The summed E-state index contributed by atoms with van der Waals surface area (Å²) in [6.45, 7) is 0. The van der Waals surface area contributed by atoms with Gasteiger partial charge in [-0.15, -0.1) is 0 Å². The molecule has 1 aliphatic heterocycles. The molecule has 1 aliphatic rings. The topological polar surface area (TPSA) is 85.7 Å². The molecule has 6 nitrogen and oxygen atoms in total. The summed E-state index contributed by atoms with van der Waals surface area (Å²) in [6, 6.07) is 12.7. The zero-order valence-corrected chi connectivity index (χ0v) is 14.5. The maximum atomic E-state index is 12.0. The van der Waals surface area contributed by atoms with Gasteiger partial charge in [0.25, 0.3) is 0 Å². The number of carbonyl (C=O) groups is 1. The number of aliphatic imine (C=N–C) groups is 1. The van der Waals surface area contributed by atoms with E-state index in [2.05, 4.69) is 4.99 Å². The first-order valence-corrected chi connectivity index (χ1v) is 9.02. The highest BCUT2D eigenvalue weighted by Crippen LogP contribution is 2.31. The van der Waals surface area contributed by atoms with Gasteiger partial charge in [-0.3, -0.25) is 14.9 Å². The third-order valence-electron chi connectivity index (χ3n) is 3.11. The summed E-state index contributed by atoms with van der Waals surface area (Å²) >= 11 is 2.62. The molecule has 0 radical (unpaired) electrons. The van der Waals surface area contributed by atoms with Crippen molar-refractivity contribution >= 4 is 45.0 Å². The minimum Gasteiger partial charge on any atom is -0.401 e. The summed E-state index contributed by atoms with van der Waals surface area (Å²) in [5.41, 5.74) is 1.51. The van der Waals surface area contributed by atoms with Crippen LogP contribution in [0.1, 0.15) is 11.3 Å². The van der Waals surface area contributed by atoms with E-state index >= 15 is 0 Å². The first kappa shape index (κ1) is 17.2. The summed E-state index contributed by atoms with van der Waals surface area (Å²) in [5, 5.41) is 10.4. The zero-order valence-electron chi connectivity index (χ0n) is 12.8. The van der Waals surface area contributed by atoms with Gasteiger partial charge in [-0.1, -0.05) is 48.2 Å². The van der Waals surface area contributed by atoms with Gasteiger partial charge >= 0.3 is 5.88 Å². The van der Waals surface area contributed by atoms with Gasteiger partial charge in [0.2, 0.25) is 5.12 Å². The Morgan fingerprint density at radius 3 is 2.76 bits per heavy atom. The number of nitrogens with zero attached hydrogens (tertiary/aromatic N) is 2. The van der Waals surface area contributed by atoms with E-state index in [0.717, 1.165) is 17.5 Å². The molecular formula is C17H12N2O4S2. The Hall–Kier alpha value is -2.58. The van der Waals surface area contributed by atoms with Crippen molar-refractivity contribution < 1.29 is 14.1 Å². The maximum absolute atomic E-state index is 12.0. The Morgan fingerprint density at radius 2 is 2.04 bits per heavy atom. The van der Waals surface area contributed by atoms with Crippen molar-refractivity contribution in [3.8, 4) is 0 Å². The third kappa shape index (κ3) is 4.71. The summed E-state index contributed by atoms with van der Waals surface area (Å²) < 4.78 is 5.71. The molecule has 0 spiro atoms. The van der Waals surface area contributed by atoms with Crippen LogP contribution in [0.3, 0.4) is 0 Å². The number of hydrogen-bond acceptors (Lipinski definition) is 7. The van der Waals surface area contributed by atoms with Crippen LogP contribution in [0.25, 0.3) is 6.08 Å². The largest absolute Gasteiger partial charge is 0.433 e. The molecule has 3 rings (SSSR count). The minimum absolute atomic E-state index is 0.120. The first-order chi connectivity index (χ1) is 12.1. The van der Waals surface area contributed by atoms with Crippen LogP contribution in [0.5, 0.6) is 0 Å². The van der Waals surface area contributed by atoms with E-state index in [4.69, 9.17) is 4.42 Å². The molecule has 0 saturated carbocycles. The Bertz CT molecular complexity index is 885. The lowest BCUT2D eigenvalue weighted by molar-refractivity contribution is -0.402. The highest BCUT2D eigenvalue weighted by atomic mass is 32.2. The number of carbonyl (C=O) groups excluding carboxylic acids is 1. The average Bonchev–Trinajstić information content (AvgIpc) is 3.21. The van der Waals surface area contributed by atoms with Gasteiger partial charge in [0.15, 0.2) is 0 Å². The monoisotopic (exact) mass is 372 g/mol. The fourth-order valence-electron chi connectivity index (χ4n) is 1.95. The van der Waals surface area contributed by atoms with Crippen LogP contribution in [0.2, 0.25) is 0 Å². The van der Waals surface area contributed by atoms with Gasteiger partial charge in [-0.25, -0.2) is 4.99 Å². The molecule has 1 aromatic heterocycles. The van der Waals surface area contributed by atoms with Gasteiger partial charge < -0.3 is 4.42 Å². The van der Waals surface area contributed by atoms with Crippen LogP contribution in [0.15, 0.2) is 69.7 Å². The number of nitro groups is 1. The average molecular weight is 372 g/mol. The standard InChI is InChI=1S/C17H12N2O4S2/c20-16-14(8-4-7-13-9-10-15(23-13)19(21)22)18-17(25-16)24-11-12-5-2-1-3-6-12/h1-10H,11H2. The fraction of sp³-hybridized carbons (Fsp3) is 0.0588. The van der Waals surface area contributed by atoms with Gasteiger partial charge in [0.1, 0.15) is 20.8 Å². The lowest BCUT2D eigenvalue weighted by atomic mass is 10.2. The van der Waals surface area contributed by atoms with Crippen LogP contribution in [0, 0.1) is 10.1 Å². The number of rotatable bonds is 5. The van der Waals surface area contributed by atoms with Crippen LogP contribution in [-0.4, -0.2) is 14.4 Å². The predicted molar refractivity (Wildman–Crippen MR) is 100 cm³/mol. The Labute approximate surface area is 151 Å². The summed E-state index contributed by atoms with van der Waals surface area (Å²) in [5.74, 6) is 0.765. The van der Waals surface area contributed by atoms with Gasteiger partial charge in [0, 0.05) is 5.75 Å². The van der Waals surface area contributed by atoms with Crippen molar-refractivity contribution in [2.24, 2.45) is 4.99 Å². The van der Waals surface area contributed by atoms with Crippen LogP contribution < -0.4 is 0 Å². The van der Waals surface area contributed by atoms with E-state index in [1.54, 1.807) is 18.2 Å². The molecule has 0 atom stereocenters. The first-order valence-electron chi connectivity index (χ1n) is 7.22. The second-order valence-corrected chi connectivity index (χ2v) is 7.07. The number of hydrogen-bond donors (Lipinski definition) is 0. The van der Waals surface area contributed by atoms with E-state index in [-0.39, 0.29) is 11.0 Å². The third-order valence-corrected chi connectivity index (χ3v) is 5.19. The smallest absolute Gasteiger partial charge is 0.401 e. The Kier molecular flexibility index (Phi) is 5.52. The molecule has 0 amide bonds. The molecule has 0 aliphatic carbocycles.